The van der Waals surface area contributed by atoms with E-state index in [1.54, 1.807) is 7.11 Å². The molecular formula is C14H29N3O. The average molecular weight is 255 g/mol. The highest BCUT2D eigenvalue weighted by molar-refractivity contribution is 4.90. The molecule has 0 bridgehead atoms. The lowest BCUT2D eigenvalue weighted by Crippen LogP contribution is -2.56. The maximum absolute atomic E-state index is 5.14. The van der Waals surface area contributed by atoms with Crippen molar-refractivity contribution in [2.75, 3.05) is 46.4 Å². The zero-order valence-electron chi connectivity index (χ0n) is 12.2. The van der Waals surface area contributed by atoms with Crippen LogP contribution in [0.5, 0.6) is 0 Å². The lowest BCUT2D eigenvalue weighted by Gasteiger charge is -2.42. The Labute approximate surface area is 112 Å². The number of nitrogens with one attached hydrogen (secondary N) is 1. The topological polar surface area (TPSA) is 27.7 Å². The molecule has 0 aromatic rings. The maximum atomic E-state index is 5.14. The van der Waals surface area contributed by atoms with Gasteiger partial charge in [-0.25, -0.2) is 0 Å². The second kappa shape index (κ2) is 6.85. The lowest BCUT2D eigenvalue weighted by atomic mass is 10.1. The van der Waals surface area contributed by atoms with Crippen molar-refractivity contribution < 1.29 is 4.74 Å². The van der Waals surface area contributed by atoms with Crippen molar-refractivity contribution in [3.05, 3.63) is 0 Å². The summed E-state index contributed by atoms with van der Waals surface area (Å²) in [7, 11) is 1.76. The molecule has 0 saturated carbocycles. The van der Waals surface area contributed by atoms with Gasteiger partial charge < -0.3 is 10.1 Å². The van der Waals surface area contributed by atoms with E-state index in [1.165, 1.54) is 39.0 Å². The molecular weight excluding hydrogens is 226 g/mol. The Morgan fingerprint density at radius 1 is 1.39 bits per heavy atom. The number of hydrogen-bond acceptors (Lipinski definition) is 4. The number of ether oxygens (including phenoxy) is 1. The standard InChI is InChI=1S/C14H29N3O/c1-12(11-18-3)15-6-8-16-10-14-5-4-7-17(14)9-13(16)2/h12-15H,4-11H2,1-3H3. The molecule has 2 saturated heterocycles. The molecule has 2 aliphatic rings. The molecule has 2 aliphatic heterocycles. The molecule has 2 heterocycles. The molecule has 4 nitrogen and oxygen atoms in total. The van der Waals surface area contributed by atoms with E-state index in [-0.39, 0.29) is 0 Å². The molecule has 2 rings (SSSR count). The first-order valence-electron chi connectivity index (χ1n) is 7.41. The van der Waals surface area contributed by atoms with Crippen molar-refractivity contribution in [3.8, 4) is 0 Å². The molecule has 18 heavy (non-hydrogen) atoms. The third-order valence-electron chi connectivity index (χ3n) is 4.37. The van der Waals surface area contributed by atoms with E-state index in [4.69, 9.17) is 4.74 Å². The Bertz CT molecular complexity index is 249. The largest absolute Gasteiger partial charge is 0.383 e. The number of nitrogens with zero attached hydrogens (tertiary/aromatic N) is 2. The van der Waals surface area contributed by atoms with E-state index < -0.39 is 0 Å². The molecule has 0 radical (unpaired) electrons. The van der Waals surface area contributed by atoms with Crippen LogP contribution in [0, 0.1) is 0 Å². The minimum atomic E-state index is 0.457. The summed E-state index contributed by atoms with van der Waals surface area (Å²) in [6, 6.07) is 1.99. The van der Waals surface area contributed by atoms with Gasteiger partial charge in [0.25, 0.3) is 0 Å². The van der Waals surface area contributed by atoms with Crippen molar-refractivity contribution in [1.82, 2.24) is 15.1 Å². The van der Waals surface area contributed by atoms with Crippen LogP contribution in [0.2, 0.25) is 0 Å². The van der Waals surface area contributed by atoms with Crippen LogP contribution in [0.3, 0.4) is 0 Å². The third-order valence-corrected chi connectivity index (χ3v) is 4.37. The number of rotatable bonds is 6. The second-order valence-electron chi connectivity index (χ2n) is 5.95. The minimum Gasteiger partial charge on any atom is -0.383 e. The molecule has 1 N–H and O–H groups in total. The van der Waals surface area contributed by atoms with Crippen molar-refractivity contribution in [2.45, 2.75) is 44.8 Å². The van der Waals surface area contributed by atoms with Crippen molar-refractivity contribution in [1.29, 1.82) is 0 Å². The molecule has 0 aromatic heterocycles. The third kappa shape index (κ3) is 3.67. The van der Waals surface area contributed by atoms with Gasteiger partial charge in [-0.05, 0) is 33.2 Å². The molecule has 2 fully saturated rings. The van der Waals surface area contributed by atoms with Crippen molar-refractivity contribution in [2.24, 2.45) is 0 Å². The smallest absolute Gasteiger partial charge is 0.0613 e. The fraction of sp³-hybridized carbons (Fsp3) is 1.00. The number of piperazine rings is 1. The van der Waals surface area contributed by atoms with E-state index in [1.807, 2.05) is 0 Å². The zero-order chi connectivity index (χ0) is 13.0. The highest BCUT2D eigenvalue weighted by atomic mass is 16.5. The van der Waals surface area contributed by atoms with Gasteiger partial charge in [0, 0.05) is 51.4 Å². The molecule has 0 aromatic carbocycles. The summed E-state index contributed by atoms with van der Waals surface area (Å²) in [6.07, 6.45) is 2.80. The van der Waals surface area contributed by atoms with E-state index in [0.717, 1.165) is 19.2 Å². The van der Waals surface area contributed by atoms with E-state index in [9.17, 15) is 0 Å². The summed E-state index contributed by atoms with van der Waals surface area (Å²) in [4.78, 5) is 5.33. The monoisotopic (exact) mass is 255 g/mol. The molecule has 0 spiro atoms. The van der Waals surface area contributed by atoms with Crippen LogP contribution in [0.15, 0.2) is 0 Å². The minimum absolute atomic E-state index is 0.457. The molecule has 4 heteroatoms. The van der Waals surface area contributed by atoms with Gasteiger partial charge in [-0.15, -0.1) is 0 Å². The first-order valence-corrected chi connectivity index (χ1v) is 7.41. The van der Waals surface area contributed by atoms with E-state index in [2.05, 4.69) is 29.0 Å². The van der Waals surface area contributed by atoms with Gasteiger partial charge in [-0.3, -0.25) is 9.80 Å². The van der Waals surface area contributed by atoms with Gasteiger partial charge in [0.15, 0.2) is 0 Å². The van der Waals surface area contributed by atoms with Crippen molar-refractivity contribution >= 4 is 0 Å². The summed E-state index contributed by atoms with van der Waals surface area (Å²) in [5, 5.41) is 3.53. The Balaban J connectivity index is 1.69. The normalized spacial score (nSPS) is 31.5. The van der Waals surface area contributed by atoms with Gasteiger partial charge in [0.1, 0.15) is 0 Å². The summed E-state index contributed by atoms with van der Waals surface area (Å²) in [5.41, 5.74) is 0. The summed E-state index contributed by atoms with van der Waals surface area (Å²) in [6.45, 7) is 11.4. The second-order valence-corrected chi connectivity index (χ2v) is 5.95. The quantitative estimate of drug-likeness (QED) is 0.759. The van der Waals surface area contributed by atoms with Crippen LogP contribution in [-0.4, -0.2) is 74.4 Å². The van der Waals surface area contributed by atoms with Crippen LogP contribution >= 0.6 is 0 Å². The van der Waals surface area contributed by atoms with Crippen molar-refractivity contribution in [3.63, 3.8) is 0 Å². The van der Waals surface area contributed by atoms with Crippen LogP contribution in [0.1, 0.15) is 26.7 Å². The molecule has 0 aliphatic carbocycles. The average Bonchev–Trinajstić information content (AvgIpc) is 2.76. The number of hydrogen-bond donors (Lipinski definition) is 1. The first-order chi connectivity index (χ1) is 8.70. The maximum Gasteiger partial charge on any atom is 0.0613 e. The predicted octanol–water partition coefficient (Wildman–Crippen LogP) is 0.779. The lowest BCUT2D eigenvalue weighted by molar-refractivity contribution is 0.0591. The SMILES string of the molecule is COCC(C)NCCN1CC2CCCN2CC1C. The van der Waals surface area contributed by atoms with Crippen LogP contribution in [-0.2, 0) is 4.74 Å². The van der Waals surface area contributed by atoms with Crippen LogP contribution < -0.4 is 5.32 Å². The van der Waals surface area contributed by atoms with Gasteiger partial charge in [0.2, 0.25) is 0 Å². The van der Waals surface area contributed by atoms with E-state index in [0.29, 0.717) is 12.1 Å². The fourth-order valence-corrected chi connectivity index (χ4v) is 3.32. The van der Waals surface area contributed by atoms with Crippen LogP contribution in [0.25, 0.3) is 0 Å². The Morgan fingerprint density at radius 3 is 3.00 bits per heavy atom. The van der Waals surface area contributed by atoms with Gasteiger partial charge in [-0.2, -0.15) is 0 Å². The van der Waals surface area contributed by atoms with Gasteiger partial charge in [0.05, 0.1) is 6.61 Å². The zero-order valence-corrected chi connectivity index (χ0v) is 12.2. The number of methoxy groups -OCH3 is 1. The molecule has 3 atom stereocenters. The highest BCUT2D eigenvalue weighted by Gasteiger charge is 2.33. The highest BCUT2D eigenvalue weighted by Crippen LogP contribution is 2.23. The van der Waals surface area contributed by atoms with Gasteiger partial charge in [-0.1, -0.05) is 0 Å². The molecule has 0 amide bonds. The summed E-state index contributed by atoms with van der Waals surface area (Å²) in [5.74, 6) is 0. The summed E-state index contributed by atoms with van der Waals surface area (Å²) < 4.78 is 5.14. The number of fused-ring (bicyclic) bond motifs is 1. The first kappa shape index (κ1) is 14.3. The Kier molecular flexibility index (Phi) is 5.42. The molecule has 106 valence electrons. The Morgan fingerprint density at radius 2 is 2.22 bits per heavy atom. The van der Waals surface area contributed by atoms with Crippen LogP contribution in [0.4, 0.5) is 0 Å². The summed E-state index contributed by atoms with van der Waals surface area (Å²) >= 11 is 0. The molecule has 3 unspecified atom stereocenters. The predicted molar refractivity (Wildman–Crippen MR) is 75.0 cm³/mol. The van der Waals surface area contributed by atoms with E-state index >= 15 is 0 Å². The fourth-order valence-electron chi connectivity index (χ4n) is 3.32. The van der Waals surface area contributed by atoms with Gasteiger partial charge >= 0.3 is 0 Å². The Hall–Kier alpha value is -0.160.